The normalized spacial score (nSPS) is 10.1. The van der Waals surface area contributed by atoms with Crippen molar-refractivity contribution in [2.75, 3.05) is 13.2 Å². The van der Waals surface area contributed by atoms with Gasteiger partial charge in [-0.3, -0.25) is 14.9 Å². The monoisotopic (exact) mass is 356 g/mol. The van der Waals surface area contributed by atoms with Crippen LogP contribution in [0, 0.1) is 5.92 Å². The molecule has 3 amide bonds. The van der Waals surface area contributed by atoms with Crippen LogP contribution in [0.4, 0.5) is 4.79 Å². The van der Waals surface area contributed by atoms with Crippen LogP contribution in [0.15, 0.2) is 22.7 Å². The standard InChI is InChI=1S/C14H17BrN2O4/c1-9(2)6-16-14(20)17-13(19)8-21-12-4-3-11(15)5-10(12)7-18/h3-5,7,9H,6,8H2,1-2H3,(H2,16,17,19,20). The fraction of sp³-hybridized carbons (Fsp3) is 0.357. The molecule has 7 heteroatoms. The van der Waals surface area contributed by atoms with E-state index in [0.717, 1.165) is 4.47 Å². The number of amides is 3. The molecular weight excluding hydrogens is 340 g/mol. The first-order valence-corrected chi connectivity index (χ1v) is 7.17. The Morgan fingerprint density at radius 2 is 2.10 bits per heavy atom. The van der Waals surface area contributed by atoms with Crippen LogP contribution in [0.1, 0.15) is 24.2 Å². The highest BCUT2D eigenvalue weighted by Crippen LogP contribution is 2.21. The Hall–Kier alpha value is -1.89. The average molecular weight is 357 g/mol. The van der Waals surface area contributed by atoms with Crippen molar-refractivity contribution >= 4 is 34.2 Å². The first kappa shape index (κ1) is 17.2. The number of imide groups is 1. The number of benzene rings is 1. The molecule has 0 heterocycles. The van der Waals surface area contributed by atoms with E-state index in [-0.39, 0.29) is 12.4 Å². The first-order chi connectivity index (χ1) is 9.92. The lowest BCUT2D eigenvalue weighted by Crippen LogP contribution is -2.42. The van der Waals surface area contributed by atoms with Crippen LogP contribution in [0.25, 0.3) is 0 Å². The van der Waals surface area contributed by atoms with Crippen LogP contribution in [0.5, 0.6) is 5.75 Å². The molecule has 1 aromatic rings. The van der Waals surface area contributed by atoms with Crippen molar-refractivity contribution in [3.63, 3.8) is 0 Å². The van der Waals surface area contributed by atoms with Gasteiger partial charge in [-0.1, -0.05) is 29.8 Å². The number of carbonyl (C=O) groups excluding carboxylic acids is 3. The molecule has 0 aliphatic heterocycles. The molecule has 0 saturated heterocycles. The van der Waals surface area contributed by atoms with Gasteiger partial charge in [-0.25, -0.2) is 4.79 Å². The minimum Gasteiger partial charge on any atom is -0.483 e. The number of hydrogen-bond donors (Lipinski definition) is 2. The van der Waals surface area contributed by atoms with Crippen molar-refractivity contribution in [2.24, 2.45) is 5.92 Å². The number of urea groups is 1. The van der Waals surface area contributed by atoms with Crippen LogP contribution >= 0.6 is 15.9 Å². The summed E-state index contributed by atoms with van der Waals surface area (Å²) in [7, 11) is 0. The van der Waals surface area contributed by atoms with Crippen LogP contribution < -0.4 is 15.4 Å². The highest BCUT2D eigenvalue weighted by molar-refractivity contribution is 9.10. The Morgan fingerprint density at radius 3 is 2.71 bits per heavy atom. The van der Waals surface area contributed by atoms with Crippen molar-refractivity contribution in [3.8, 4) is 5.75 Å². The largest absolute Gasteiger partial charge is 0.483 e. The number of nitrogens with one attached hydrogen (secondary N) is 2. The second-order valence-corrected chi connectivity index (χ2v) is 5.66. The minimum atomic E-state index is -0.587. The summed E-state index contributed by atoms with van der Waals surface area (Å²) in [5, 5.41) is 4.70. The summed E-state index contributed by atoms with van der Waals surface area (Å²) in [6, 6.07) is 4.27. The maximum Gasteiger partial charge on any atom is 0.321 e. The maximum absolute atomic E-state index is 11.5. The Morgan fingerprint density at radius 1 is 1.38 bits per heavy atom. The Labute approximate surface area is 131 Å². The lowest BCUT2D eigenvalue weighted by molar-refractivity contribution is -0.122. The fourth-order valence-electron chi connectivity index (χ4n) is 1.39. The second kappa shape index (κ2) is 8.41. The molecule has 0 fully saturated rings. The van der Waals surface area contributed by atoms with Gasteiger partial charge in [0.1, 0.15) is 5.75 Å². The van der Waals surface area contributed by atoms with Gasteiger partial charge in [-0.05, 0) is 24.1 Å². The predicted molar refractivity (Wildman–Crippen MR) is 81.4 cm³/mol. The summed E-state index contributed by atoms with van der Waals surface area (Å²) in [6.45, 7) is 4.01. The number of ether oxygens (including phenoxy) is 1. The van der Waals surface area contributed by atoms with Gasteiger partial charge in [0, 0.05) is 11.0 Å². The third kappa shape index (κ3) is 6.40. The summed E-state index contributed by atoms with van der Waals surface area (Å²) in [5.74, 6) is -0.0121. The molecule has 0 aromatic heterocycles. The lowest BCUT2D eigenvalue weighted by atomic mass is 10.2. The van der Waals surface area contributed by atoms with E-state index in [0.29, 0.717) is 24.3 Å². The van der Waals surface area contributed by atoms with E-state index in [2.05, 4.69) is 26.6 Å². The highest BCUT2D eigenvalue weighted by atomic mass is 79.9. The number of hydrogen-bond acceptors (Lipinski definition) is 4. The molecule has 0 saturated carbocycles. The zero-order valence-corrected chi connectivity index (χ0v) is 13.4. The van der Waals surface area contributed by atoms with Crippen molar-refractivity contribution < 1.29 is 19.1 Å². The molecule has 0 aliphatic carbocycles. The van der Waals surface area contributed by atoms with Gasteiger partial charge in [0.2, 0.25) is 0 Å². The van der Waals surface area contributed by atoms with E-state index < -0.39 is 11.9 Å². The zero-order chi connectivity index (χ0) is 15.8. The first-order valence-electron chi connectivity index (χ1n) is 6.37. The molecule has 2 N–H and O–H groups in total. The summed E-state index contributed by atoms with van der Waals surface area (Å²) in [5.41, 5.74) is 0.321. The van der Waals surface area contributed by atoms with Gasteiger partial charge in [0.05, 0.1) is 5.56 Å². The van der Waals surface area contributed by atoms with Gasteiger partial charge < -0.3 is 10.1 Å². The molecule has 0 atom stereocenters. The van der Waals surface area contributed by atoms with E-state index in [9.17, 15) is 14.4 Å². The molecule has 0 spiro atoms. The van der Waals surface area contributed by atoms with Gasteiger partial charge >= 0.3 is 6.03 Å². The third-order valence-electron chi connectivity index (χ3n) is 2.38. The molecule has 0 radical (unpaired) electrons. The quantitative estimate of drug-likeness (QED) is 0.764. The number of aldehydes is 1. The molecule has 0 aliphatic rings. The second-order valence-electron chi connectivity index (χ2n) is 4.74. The van der Waals surface area contributed by atoms with Gasteiger partial charge in [0.15, 0.2) is 12.9 Å². The topological polar surface area (TPSA) is 84.5 Å². The van der Waals surface area contributed by atoms with Crippen LogP contribution in [0.2, 0.25) is 0 Å². The lowest BCUT2D eigenvalue weighted by Gasteiger charge is -2.10. The summed E-state index contributed by atoms with van der Waals surface area (Å²) < 4.78 is 5.96. The van der Waals surface area contributed by atoms with Crippen molar-refractivity contribution in [2.45, 2.75) is 13.8 Å². The van der Waals surface area contributed by atoms with Gasteiger partial charge in [-0.15, -0.1) is 0 Å². The molecule has 1 rings (SSSR count). The minimum absolute atomic E-state index is 0.283. The van der Waals surface area contributed by atoms with Gasteiger partial charge in [-0.2, -0.15) is 0 Å². The predicted octanol–water partition coefficient (Wildman–Crippen LogP) is 2.12. The average Bonchev–Trinajstić information content (AvgIpc) is 2.43. The molecule has 1 aromatic carbocycles. The highest BCUT2D eigenvalue weighted by Gasteiger charge is 2.10. The van der Waals surface area contributed by atoms with E-state index in [1.807, 2.05) is 13.8 Å². The molecular formula is C14H17BrN2O4. The van der Waals surface area contributed by atoms with Crippen LogP contribution in [-0.2, 0) is 4.79 Å². The van der Waals surface area contributed by atoms with E-state index >= 15 is 0 Å². The van der Waals surface area contributed by atoms with Crippen molar-refractivity contribution in [3.05, 3.63) is 28.2 Å². The van der Waals surface area contributed by atoms with Crippen LogP contribution in [0.3, 0.4) is 0 Å². The van der Waals surface area contributed by atoms with E-state index in [1.165, 1.54) is 0 Å². The zero-order valence-electron chi connectivity index (χ0n) is 11.8. The molecule has 114 valence electrons. The Balaban J connectivity index is 2.46. The van der Waals surface area contributed by atoms with Crippen LogP contribution in [-0.4, -0.2) is 31.4 Å². The summed E-state index contributed by atoms with van der Waals surface area (Å²) >= 11 is 3.23. The number of rotatable bonds is 6. The number of halogens is 1. The van der Waals surface area contributed by atoms with E-state index in [1.54, 1.807) is 18.2 Å². The van der Waals surface area contributed by atoms with Crippen molar-refractivity contribution in [1.29, 1.82) is 0 Å². The van der Waals surface area contributed by atoms with Crippen molar-refractivity contribution in [1.82, 2.24) is 10.6 Å². The Bertz CT molecular complexity index is 532. The molecule has 0 bridgehead atoms. The summed E-state index contributed by atoms with van der Waals surface area (Å²) in [6.07, 6.45) is 0.632. The number of carbonyl (C=O) groups is 3. The molecule has 6 nitrogen and oxygen atoms in total. The van der Waals surface area contributed by atoms with Gasteiger partial charge in [0.25, 0.3) is 5.91 Å². The maximum atomic E-state index is 11.5. The SMILES string of the molecule is CC(C)CNC(=O)NC(=O)COc1ccc(Br)cc1C=O. The van der Waals surface area contributed by atoms with E-state index in [4.69, 9.17) is 4.74 Å². The molecule has 0 unspecified atom stereocenters. The third-order valence-corrected chi connectivity index (χ3v) is 2.87. The fourth-order valence-corrected chi connectivity index (χ4v) is 1.77. The molecule has 21 heavy (non-hydrogen) atoms. The summed E-state index contributed by atoms with van der Waals surface area (Å²) in [4.78, 5) is 33.8. The Kier molecular flexibility index (Phi) is 6.87. The smallest absolute Gasteiger partial charge is 0.321 e.